The number of nitrogens with zero attached hydrogens (tertiary/aromatic N) is 3. The number of nitrogens with one attached hydrogen (secondary N) is 1. The lowest BCUT2D eigenvalue weighted by molar-refractivity contribution is 0.310. The Labute approximate surface area is 191 Å². The Kier molecular flexibility index (Phi) is 6.68. The van der Waals surface area contributed by atoms with E-state index in [1.165, 1.54) is 5.56 Å². The van der Waals surface area contributed by atoms with E-state index in [0.717, 1.165) is 54.8 Å². The predicted octanol–water partition coefficient (Wildman–Crippen LogP) is 6.49. The lowest BCUT2D eigenvalue weighted by Gasteiger charge is -2.30. The van der Waals surface area contributed by atoms with Gasteiger partial charge in [0, 0.05) is 0 Å². The molecule has 1 N–H and O–H groups in total. The third kappa shape index (κ3) is 4.74. The van der Waals surface area contributed by atoms with Crippen LogP contribution in [0.2, 0.25) is 0 Å². The van der Waals surface area contributed by atoms with E-state index < -0.39 is 0 Å². The second-order valence-corrected chi connectivity index (χ2v) is 8.43. The van der Waals surface area contributed by atoms with Gasteiger partial charge in [0.2, 0.25) is 0 Å². The van der Waals surface area contributed by atoms with Crippen molar-refractivity contribution in [3.8, 4) is 17.2 Å². The van der Waals surface area contributed by atoms with Crippen LogP contribution in [-0.4, -0.2) is 11.5 Å². The van der Waals surface area contributed by atoms with Gasteiger partial charge in [0.25, 0.3) is 0 Å². The van der Waals surface area contributed by atoms with Crippen molar-refractivity contribution in [2.45, 2.75) is 51.6 Å². The Balaban J connectivity index is 1.54. The molecule has 0 aromatic heterocycles. The highest BCUT2D eigenvalue weighted by atomic mass is 15.6. The molecule has 0 radical (unpaired) electrons. The molecule has 0 aliphatic carbocycles. The Hall–Kier alpha value is -3.42. The minimum atomic E-state index is -0.276. The fraction of sp³-hybridized carbons (Fsp3) is 0.286. The highest BCUT2D eigenvalue weighted by Gasteiger charge is 2.37. The summed E-state index contributed by atoms with van der Waals surface area (Å²) in [6, 6.07) is 29.0. The Bertz CT molecular complexity index is 1110. The number of aliphatic imine (C=N–C) groups is 1. The van der Waals surface area contributed by atoms with Gasteiger partial charge >= 0.3 is 0 Å². The molecular formula is C28H30N4. The highest BCUT2D eigenvalue weighted by Crippen LogP contribution is 2.32. The molecule has 1 unspecified atom stereocenters. The molecule has 0 spiro atoms. The van der Waals surface area contributed by atoms with E-state index in [0.29, 0.717) is 5.56 Å². The van der Waals surface area contributed by atoms with E-state index in [9.17, 15) is 5.26 Å². The summed E-state index contributed by atoms with van der Waals surface area (Å²) in [4.78, 5) is 5.13. The van der Waals surface area contributed by atoms with Gasteiger partial charge in [-0.05, 0) is 67.5 Å². The number of unbranched alkanes of at least 4 members (excludes halogenated alkanes) is 1. The molecule has 3 aromatic rings. The van der Waals surface area contributed by atoms with Gasteiger partial charge in [-0.25, -0.2) is 10.4 Å². The first-order valence-corrected chi connectivity index (χ1v) is 11.4. The van der Waals surface area contributed by atoms with Crippen LogP contribution in [0.15, 0.2) is 83.9 Å². The second kappa shape index (κ2) is 9.80. The first kappa shape index (κ1) is 21.8. The lowest BCUT2D eigenvalue weighted by atomic mass is 9.95. The summed E-state index contributed by atoms with van der Waals surface area (Å²) in [5, 5.41) is 11.5. The summed E-state index contributed by atoms with van der Waals surface area (Å²) in [5.41, 5.74) is 8.55. The average Bonchev–Trinajstić information content (AvgIpc) is 3.18. The first-order valence-electron chi connectivity index (χ1n) is 11.4. The third-order valence-electron chi connectivity index (χ3n) is 6.12. The van der Waals surface area contributed by atoms with E-state index in [2.05, 4.69) is 84.9 Å². The molecule has 1 atom stereocenters. The zero-order chi connectivity index (χ0) is 22.4. The molecule has 1 heterocycles. The molecule has 162 valence electrons. The summed E-state index contributed by atoms with van der Waals surface area (Å²) in [5.74, 6) is 0.985. The molecule has 0 amide bonds. The number of aryl methyl sites for hydroxylation is 1. The number of benzene rings is 3. The normalized spacial score (nSPS) is 17.8. The molecule has 32 heavy (non-hydrogen) atoms. The van der Waals surface area contributed by atoms with Gasteiger partial charge in [0.15, 0.2) is 0 Å². The van der Waals surface area contributed by atoms with Crippen LogP contribution in [0.4, 0.5) is 5.69 Å². The minimum Gasteiger partial charge on any atom is -0.262 e. The van der Waals surface area contributed by atoms with Crippen molar-refractivity contribution < 1.29 is 0 Å². The summed E-state index contributed by atoms with van der Waals surface area (Å²) >= 11 is 0. The fourth-order valence-corrected chi connectivity index (χ4v) is 4.36. The van der Waals surface area contributed by atoms with Crippen molar-refractivity contribution in [1.29, 1.82) is 5.26 Å². The maximum Gasteiger partial charge on any atom is 0.130 e. The van der Waals surface area contributed by atoms with E-state index in [1.807, 2.05) is 24.3 Å². The molecule has 4 heteroatoms. The number of hydrogen-bond donors (Lipinski definition) is 1. The van der Waals surface area contributed by atoms with Crippen LogP contribution < -0.4 is 10.4 Å². The van der Waals surface area contributed by atoms with Gasteiger partial charge in [-0.15, -0.1) is 0 Å². The number of hydrogen-bond acceptors (Lipinski definition) is 4. The summed E-state index contributed by atoms with van der Waals surface area (Å²) in [6.07, 6.45) is 5.25. The van der Waals surface area contributed by atoms with Crippen LogP contribution in [0.3, 0.4) is 0 Å². The monoisotopic (exact) mass is 422 g/mol. The smallest absolute Gasteiger partial charge is 0.130 e. The highest BCUT2D eigenvalue weighted by molar-refractivity contribution is 5.97. The zero-order valence-corrected chi connectivity index (χ0v) is 18.9. The Morgan fingerprint density at radius 1 is 0.938 bits per heavy atom. The van der Waals surface area contributed by atoms with Crippen molar-refractivity contribution in [3.05, 3.63) is 90.0 Å². The topological polar surface area (TPSA) is 51.4 Å². The average molecular weight is 423 g/mol. The van der Waals surface area contributed by atoms with Crippen LogP contribution in [0.5, 0.6) is 0 Å². The Morgan fingerprint density at radius 3 is 2.38 bits per heavy atom. The number of hydrazine groups is 1. The summed E-state index contributed by atoms with van der Waals surface area (Å²) in [6.45, 7) is 4.30. The van der Waals surface area contributed by atoms with Crippen LogP contribution in [0.1, 0.15) is 50.7 Å². The molecule has 0 saturated carbocycles. The predicted molar refractivity (Wildman–Crippen MR) is 132 cm³/mol. The molecule has 0 fully saturated rings. The zero-order valence-electron chi connectivity index (χ0n) is 18.9. The van der Waals surface area contributed by atoms with E-state index in [1.54, 1.807) is 0 Å². The number of nitriles is 1. The van der Waals surface area contributed by atoms with Gasteiger partial charge in [-0.3, -0.25) is 5.01 Å². The first-order chi connectivity index (χ1) is 15.6. The molecule has 0 bridgehead atoms. The van der Waals surface area contributed by atoms with Gasteiger partial charge in [0.05, 0.1) is 17.3 Å². The number of rotatable bonds is 8. The largest absolute Gasteiger partial charge is 0.262 e. The SMILES string of the molecule is CCCCC1(CCc2ccccc2)N=C(C)N(c2ccc(-c3ccccc3C#N)cc2)N1. The Morgan fingerprint density at radius 2 is 1.66 bits per heavy atom. The quantitative estimate of drug-likeness (QED) is 0.451. The van der Waals surface area contributed by atoms with Crippen LogP contribution in [0, 0.1) is 11.3 Å². The van der Waals surface area contributed by atoms with Gasteiger partial charge in [-0.1, -0.05) is 74.0 Å². The number of amidine groups is 1. The van der Waals surface area contributed by atoms with Gasteiger partial charge in [-0.2, -0.15) is 5.26 Å². The van der Waals surface area contributed by atoms with Gasteiger partial charge in [0.1, 0.15) is 11.5 Å². The van der Waals surface area contributed by atoms with E-state index in [-0.39, 0.29) is 5.66 Å². The van der Waals surface area contributed by atoms with E-state index >= 15 is 0 Å². The van der Waals surface area contributed by atoms with Gasteiger partial charge < -0.3 is 0 Å². The number of anilines is 1. The molecule has 1 aliphatic heterocycles. The standard InChI is InChI=1S/C28H30N4/c1-3-4-19-28(20-18-23-10-6-5-7-11-23)30-22(2)32(31-28)26-16-14-24(15-17-26)27-13-9-8-12-25(27)21-29/h5-17,31H,3-4,18-20H2,1-2H3. The minimum absolute atomic E-state index is 0.276. The summed E-state index contributed by atoms with van der Waals surface area (Å²) in [7, 11) is 0. The molecule has 3 aromatic carbocycles. The lowest BCUT2D eigenvalue weighted by Crippen LogP contribution is -2.48. The molecule has 0 saturated heterocycles. The molecule has 4 nitrogen and oxygen atoms in total. The second-order valence-electron chi connectivity index (χ2n) is 8.43. The maximum atomic E-state index is 9.42. The maximum absolute atomic E-state index is 9.42. The van der Waals surface area contributed by atoms with Crippen molar-refractivity contribution in [1.82, 2.24) is 5.43 Å². The van der Waals surface area contributed by atoms with Crippen LogP contribution >= 0.6 is 0 Å². The van der Waals surface area contributed by atoms with E-state index in [4.69, 9.17) is 4.99 Å². The molecule has 4 rings (SSSR count). The van der Waals surface area contributed by atoms with Crippen LogP contribution in [-0.2, 0) is 6.42 Å². The van der Waals surface area contributed by atoms with Crippen molar-refractivity contribution >= 4 is 11.5 Å². The van der Waals surface area contributed by atoms with Crippen molar-refractivity contribution in [2.75, 3.05) is 5.01 Å². The van der Waals surface area contributed by atoms with Crippen molar-refractivity contribution in [2.24, 2.45) is 4.99 Å². The summed E-state index contributed by atoms with van der Waals surface area (Å²) < 4.78 is 0. The molecular weight excluding hydrogens is 392 g/mol. The third-order valence-corrected chi connectivity index (χ3v) is 6.12. The fourth-order valence-electron chi connectivity index (χ4n) is 4.36. The van der Waals surface area contributed by atoms with Crippen molar-refractivity contribution in [3.63, 3.8) is 0 Å². The molecule has 1 aliphatic rings. The van der Waals surface area contributed by atoms with Crippen LogP contribution in [0.25, 0.3) is 11.1 Å².